The third-order valence-electron chi connectivity index (χ3n) is 6.18. The Morgan fingerprint density at radius 3 is 2.50 bits per heavy atom. The lowest BCUT2D eigenvalue weighted by atomic mass is 10.0. The van der Waals surface area contributed by atoms with Crippen LogP contribution in [0.5, 0.6) is 5.75 Å². The number of amides is 2. The van der Waals surface area contributed by atoms with Crippen LogP contribution in [0, 0.1) is 0 Å². The van der Waals surface area contributed by atoms with Crippen LogP contribution in [0.4, 0.5) is 18.0 Å². The molecule has 0 saturated carbocycles. The number of halogens is 3. The van der Waals surface area contributed by atoms with Crippen molar-refractivity contribution in [2.45, 2.75) is 43.9 Å². The fraction of sp³-hybridized carbons (Fsp3) is 0.300. The van der Waals surface area contributed by atoms with Crippen molar-refractivity contribution in [2.75, 3.05) is 19.6 Å². The van der Waals surface area contributed by atoms with E-state index in [9.17, 15) is 18.0 Å². The number of aryl methyl sites for hydroxylation is 1. The lowest BCUT2D eigenvalue weighted by Gasteiger charge is -2.12. The van der Waals surface area contributed by atoms with Crippen molar-refractivity contribution in [1.82, 2.24) is 30.1 Å². The van der Waals surface area contributed by atoms with Gasteiger partial charge < -0.3 is 15.4 Å². The van der Waals surface area contributed by atoms with Crippen molar-refractivity contribution in [3.05, 3.63) is 90.3 Å². The molecule has 0 saturated heterocycles. The summed E-state index contributed by atoms with van der Waals surface area (Å²) in [7, 11) is 0. The van der Waals surface area contributed by atoms with Crippen LogP contribution in [0.1, 0.15) is 37.3 Å². The first kappa shape index (κ1) is 30.9. The van der Waals surface area contributed by atoms with Gasteiger partial charge in [-0.05, 0) is 78.2 Å². The average Bonchev–Trinajstić information content (AvgIpc) is 3.46. The SMILES string of the molecule is CC(C)c1ccccc1SNCCNC(=O)NCCCc1cccc(-c2ncn(-c3ccc(OC(F)(F)F)cc3)n2)c1. The van der Waals surface area contributed by atoms with E-state index in [1.807, 2.05) is 36.4 Å². The van der Waals surface area contributed by atoms with Gasteiger partial charge in [-0.15, -0.1) is 18.3 Å². The number of carbonyl (C=O) groups is 1. The summed E-state index contributed by atoms with van der Waals surface area (Å²) < 4.78 is 45.9. The molecule has 0 atom stereocenters. The van der Waals surface area contributed by atoms with Crippen LogP contribution in [-0.2, 0) is 6.42 Å². The molecule has 12 heteroatoms. The minimum absolute atomic E-state index is 0.203. The van der Waals surface area contributed by atoms with Gasteiger partial charge in [0.1, 0.15) is 12.1 Å². The number of hydrogen-bond donors (Lipinski definition) is 3. The number of nitrogens with zero attached hydrogens (tertiary/aromatic N) is 3. The summed E-state index contributed by atoms with van der Waals surface area (Å²) in [4.78, 5) is 17.7. The van der Waals surface area contributed by atoms with Crippen LogP contribution in [0.2, 0.25) is 0 Å². The topological polar surface area (TPSA) is 93.1 Å². The van der Waals surface area contributed by atoms with Crippen molar-refractivity contribution in [2.24, 2.45) is 0 Å². The minimum Gasteiger partial charge on any atom is -0.406 e. The first-order valence-electron chi connectivity index (χ1n) is 13.6. The van der Waals surface area contributed by atoms with E-state index in [0.717, 1.165) is 24.0 Å². The molecule has 42 heavy (non-hydrogen) atoms. The molecule has 0 unspecified atom stereocenters. The van der Waals surface area contributed by atoms with E-state index >= 15 is 0 Å². The zero-order chi connectivity index (χ0) is 30.0. The van der Waals surface area contributed by atoms with E-state index in [2.05, 4.69) is 56.2 Å². The molecule has 1 aromatic heterocycles. The lowest BCUT2D eigenvalue weighted by Crippen LogP contribution is -2.38. The predicted octanol–water partition coefficient (Wildman–Crippen LogP) is 6.49. The molecule has 8 nitrogen and oxygen atoms in total. The molecule has 0 radical (unpaired) electrons. The number of rotatable bonds is 13. The molecule has 0 aliphatic carbocycles. The molecule has 3 N–H and O–H groups in total. The molecule has 0 bridgehead atoms. The van der Waals surface area contributed by atoms with Crippen LogP contribution >= 0.6 is 11.9 Å². The number of nitrogens with one attached hydrogen (secondary N) is 3. The van der Waals surface area contributed by atoms with Gasteiger partial charge in [0, 0.05) is 30.1 Å². The largest absolute Gasteiger partial charge is 0.573 e. The Balaban J connectivity index is 1.17. The van der Waals surface area contributed by atoms with Gasteiger partial charge in [0.05, 0.1) is 5.69 Å². The second-order valence-corrected chi connectivity index (χ2v) is 10.7. The Kier molecular flexibility index (Phi) is 10.8. The summed E-state index contributed by atoms with van der Waals surface area (Å²) >= 11 is 1.58. The number of aromatic nitrogens is 3. The fourth-order valence-corrected chi connectivity index (χ4v) is 5.08. The number of alkyl halides is 3. The van der Waals surface area contributed by atoms with E-state index in [1.165, 1.54) is 45.7 Å². The van der Waals surface area contributed by atoms with Crippen LogP contribution < -0.4 is 20.1 Å². The fourth-order valence-electron chi connectivity index (χ4n) is 4.15. The number of carbonyl (C=O) groups excluding carboxylic acids is 1. The molecule has 3 aromatic carbocycles. The highest BCUT2D eigenvalue weighted by atomic mass is 32.2. The van der Waals surface area contributed by atoms with Gasteiger partial charge in [-0.25, -0.2) is 14.5 Å². The average molecular weight is 599 g/mol. The first-order valence-corrected chi connectivity index (χ1v) is 14.4. The Hall–Kier alpha value is -4.03. The smallest absolute Gasteiger partial charge is 0.406 e. The standard InChI is InChI=1S/C30H33F3N6O2S/c1-21(2)26-10-3-4-11-27(26)42-37-18-17-35-29(40)34-16-6-8-22-7-5-9-23(19-22)28-36-20-39(38-28)24-12-14-25(15-13-24)41-30(31,32)33/h3-5,7,9-15,19-21,37H,6,8,16-18H2,1-2H3,(H2,34,35,40). The van der Waals surface area contributed by atoms with Crippen molar-refractivity contribution in [3.63, 3.8) is 0 Å². The highest BCUT2D eigenvalue weighted by Gasteiger charge is 2.31. The van der Waals surface area contributed by atoms with Crippen LogP contribution in [0.25, 0.3) is 17.1 Å². The molecule has 0 spiro atoms. The Morgan fingerprint density at radius 2 is 1.74 bits per heavy atom. The summed E-state index contributed by atoms with van der Waals surface area (Å²) in [5.41, 5.74) is 3.73. The molecule has 222 valence electrons. The molecular formula is C30H33F3N6O2S. The predicted molar refractivity (Wildman–Crippen MR) is 158 cm³/mol. The van der Waals surface area contributed by atoms with Crippen molar-refractivity contribution >= 4 is 18.0 Å². The lowest BCUT2D eigenvalue weighted by molar-refractivity contribution is -0.274. The van der Waals surface area contributed by atoms with Crippen molar-refractivity contribution < 1.29 is 22.7 Å². The molecule has 0 fully saturated rings. The molecule has 4 aromatic rings. The quantitative estimate of drug-likeness (QED) is 0.120. The Bertz CT molecular complexity index is 1440. The molecule has 4 rings (SSSR count). The third kappa shape index (κ3) is 9.52. The van der Waals surface area contributed by atoms with E-state index in [4.69, 9.17) is 0 Å². The highest BCUT2D eigenvalue weighted by Crippen LogP contribution is 2.26. The van der Waals surface area contributed by atoms with Crippen molar-refractivity contribution in [1.29, 1.82) is 0 Å². The summed E-state index contributed by atoms with van der Waals surface area (Å²) in [5.74, 6) is 0.632. The summed E-state index contributed by atoms with van der Waals surface area (Å²) in [6.07, 6.45) is -1.73. The van der Waals surface area contributed by atoms with Crippen LogP contribution in [0.15, 0.2) is 84.0 Å². The summed E-state index contributed by atoms with van der Waals surface area (Å²) in [6.45, 7) is 6.02. The zero-order valence-electron chi connectivity index (χ0n) is 23.3. The van der Waals surface area contributed by atoms with Gasteiger partial charge in [0.25, 0.3) is 0 Å². The van der Waals surface area contributed by atoms with Gasteiger partial charge in [0.15, 0.2) is 5.82 Å². The van der Waals surface area contributed by atoms with Crippen LogP contribution in [-0.4, -0.2) is 46.8 Å². The number of hydrogen-bond acceptors (Lipinski definition) is 6. The maximum atomic E-state index is 12.4. The minimum atomic E-state index is -4.74. The molecule has 2 amide bonds. The number of urea groups is 1. The van der Waals surface area contributed by atoms with E-state index in [-0.39, 0.29) is 11.8 Å². The normalized spacial score (nSPS) is 11.5. The maximum absolute atomic E-state index is 12.4. The molecule has 1 heterocycles. The van der Waals surface area contributed by atoms with Crippen LogP contribution in [0.3, 0.4) is 0 Å². The molecule has 0 aliphatic heterocycles. The summed E-state index contributed by atoms with van der Waals surface area (Å²) in [5, 5.41) is 10.2. The Labute approximate surface area is 247 Å². The Morgan fingerprint density at radius 1 is 0.976 bits per heavy atom. The van der Waals surface area contributed by atoms with Gasteiger partial charge in [-0.3, -0.25) is 4.72 Å². The first-order chi connectivity index (χ1) is 20.2. The van der Waals surface area contributed by atoms with Gasteiger partial charge >= 0.3 is 12.4 Å². The number of benzene rings is 3. The maximum Gasteiger partial charge on any atom is 0.573 e. The van der Waals surface area contributed by atoms with Gasteiger partial charge in [-0.1, -0.05) is 50.2 Å². The second-order valence-electron chi connectivity index (χ2n) is 9.73. The second kappa shape index (κ2) is 14.7. The highest BCUT2D eigenvalue weighted by molar-refractivity contribution is 7.97. The monoisotopic (exact) mass is 598 g/mol. The van der Waals surface area contributed by atoms with Gasteiger partial charge in [0.2, 0.25) is 0 Å². The molecular weight excluding hydrogens is 565 g/mol. The zero-order valence-corrected chi connectivity index (χ0v) is 24.1. The van der Waals surface area contributed by atoms with Gasteiger partial charge in [-0.2, -0.15) is 0 Å². The van der Waals surface area contributed by atoms with Crippen molar-refractivity contribution in [3.8, 4) is 22.8 Å². The van der Waals surface area contributed by atoms with E-state index in [0.29, 0.717) is 37.1 Å². The van der Waals surface area contributed by atoms with E-state index in [1.54, 1.807) is 11.9 Å². The summed E-state index contributed by atoms with van der Waals surface area (Å²) in [6, 6.07) is 21.3. The number of ether oxygens (including phenoxy) is 1. The molecule has 0 aliphatic rings. The van der Waals surface area contributed by atoms with E-state index < -0.39 is 6.36 Å². The third-order valence-corrected chi connectivity index (χ3v) is 7.12.